The van der Waals surface area contributed by atoms with Crippen molar-refractivity contribution in [3.63, 3.8) is 0 Å². The van der Waals surface area contributed by atoms with Crippen LogP contribution in [0.5, 0.6) is 5.75 Å². The summed E-state index contributed by atoms with van der Waals surface area (Å²) in [6, 6.07) is 11.3. The van der Waals surface area contributed by atoms with Gasteiger partial charge in [0.05, 0.1) is 16.3 Å². The molecule has 1 amide bonds. The van der Waals surface area contributed by atoms with Gasteiger partial charge in [-0.25, -0.2) is 5.43 Å². The average Bonchev–Trinajstić information content (AvgIpc) is 2.49. The first kappa shape index (κ1) is 16.3. The molecule has 0 aromatic heterocycles. The molecule has 0 aliphatic heterocycles. The largest absolute Gasteiger partial charge is 0.507 e. The van der Waals surface area contributed by atoms with Crippen molar-refractivity contribution in [2.45, 2.75) is 13.3 Å². The van der Waals surface area contributed by atoms with E-state index in [1.165, 1.54) is 12.1 Å². The Labute approximate surface area is 138 Å². The van der Waals surface area contributed by atoms with E-state index in [0.29, 0.717) is 27.7 Å². The van der Waals surface area contributed by atoms with Crippen molar-refractivity contribution in [2.75, 3.05) is 0 Å². The lowest BCUT2D eigenvalue weighted by Gasteiger charge is -2.08. The van der Waals surface area contributed by atoms with Gasteiger partial charge in [0.25, 0.3) is 5.91 Å². The normalized spacial score (nSPS) is 11.3. The van der Waals surface area contributed by atoms with Crippen LogP contribution in [0.4, 0.5) is 0 Å². The van der Waals surface area contributed by atoms with Gasteiger partial charge in [0.1, 0.15) is 5.75 Å². The van der Waals surface area contributed by atoms with Crippen LogP contribution in [-0.2, 0) is 0 Å². The number of amides is 1. The molecule has 0 fully saturated rings. The molecule has 4 nitrogen and oxygen atoms in total. The van der Waals surface area contributed by atoms with Gasteiger partial charge in [0, 0.05) is 10.6 Å². The van der Waals surface area contributed by atoms with E-state index >= 15 is 0 Å². The zero-order chi connectivity index (χ0) is 16.1. The first-order valence-corrected chi connectivity index (χ1v) is 7.38. The van der Waals surface area contributed by atoms with Crippen LogP contribution in [0.1, 0.15) is 29.3 Å². The first-order chi connectivity index (χ1) is 10.5. The molecule has 114 valence electrons. The molecular formula is C16H14Cl2N2O2. The molecule has 0 aliphatic rings. The second-order valence-electron chi connectivity index (χ2n) is 4.49. The summed E-state index contributed by atoms with van der Waals surface area (Å²) in [6.07, 6.45) is 0.572. The lowest BCUT2D eigenvalue weighted by Crippen LogP contribution is -2.20. The van der Waals surface area contributed by atoms with Crippen LogP contribution in [0, 0.1) is 0 Å². The number of para-hydroxylation sites is 1. The van der Waals surface area contributed by atoms with E-state index in [1.807, 2.05) is 6.92 Å². The first-order valence-electron chi connectivity index (χ1n) is 6.63. The highest BCUT2D eigenvalue weighted by Crippen LogP contribution is 2.22. The lowest BCUT2D eigenvalue weighted by molar-refractivity contribution is 0.0952. The maximum absolute atomic E-state index is 12.0. The predicted octanol–water partition coefficient (Wildman–Crippen LogP) is 4.24. The number of phenolic OH excluding ortho intramolecular Hbond substituents is 1. The van der Waals surface area contributed by atoms with Crippen LogP contribution >= 0.6 is 23.2 Å². The fourth-order valence-corrected chi connectivity index (χ4v) is 2.41. The third kappa shape index (κ3) is 3.78. The number of carbonyl (C=O) groups excluding carboxylic acids is 1. The maximum Gasteiger partial charge on any atom is 0.275 e. The molecule has 6 heteroatoms. The molecule has 2 N–H and O–H groups in total. The van der Waals surface area contributed by atoms with Crippen LogP contribution in [0.3, 0.4) is 0 Å². The molecule has 0 atom stereocenters. The van der Waals surface area contributed by atoms with Crippen LogP contribution in [-0.4, -0.2) is 16.7 Å². The summed E-state index contributed by atoms with van der Waals surface area (Å²) in [7, 11) is 0. The summed E-state index contributed by atoms with van der Waals surface area (Å²) in [5.41, 5.74) is 3.90. The highest BCUT2D eigenvalue weighted by Gasteiger charge is 2.11. The van der Waals surface area contributed by atoms with E-state index in [0.717, 1.165) is 0 Å². The molecule has 22 heavy (non-hydrogen) atoms. The number of carbonyl (C=O) groups is 1. The SMILES string of the molecule is CC/C(=N/NC(=O)c1ccccc1O)c1ccc(Cl)cc1Cl. The topological polar surface area (TPSA) is 61.7 Å². The summed E-state index contributed by atoms with van der Waals surface area (Å²) in [5.74, 6) is -0.591. The fraction of sp³-hybridized carbons (Fsp3) is 0.125. The Balaban J connectivity index is 2.23. The van der Waals surface area contributed by atoms with E-state index in [-0.39, 0.29) is 11.3 Å². The van der Waals surface area contributed by atoms with Gasteiger partial charge in [-0.05, 0) is 30.7 Å². The van der Waals surface area contributed by atoms with E-state index in [9.17, 15) is 9.90 Å². The lowest BCUT2D eigenvalue weighted by atomic mass is 10.1. The predicted molar refractivity (Wildman–Crippen MR) is 88.9 cm³/mol. The van der Waals surface area contributed by atoms with E-state index in [1.54, 1.807) is 30.3 Å². The van der Waals surface area contributed by atoms with Crippen LogP contribution in [0.25, 0.3) is 0 Å². The number of rotatable bonds is 4. The number of hydrogen-bond donors (Lipinski definition) is 2. The molecule has 2 rings (SSSR count). The van der Waals surface area contributed by atoms with Crippen molar-refractivity contribution < 1.29 is 9.90 Å². The summed E-state index contributed by atoms with van der Waals surface area (Å²) < 4.78 is 0. The molecule has 0 saturated heterocycles. The molecule has 0 bridgehead atoms. The smallest absolute Gasteiger partial charge is 0.275 e. The number of aromatic hydroxyl groups is 1. The van der Waals surface area contributed by atoms with Gasteiger partial charge in [0.2, 0.25) is 0 Å². The fourth-order valence-electron chi connectivity index (χ4n) is 1.90. The van der Waals surface area contributed by atoms with E-state index in [2.05, 4.69) is 10.5 Å². The molecule has 0 radical (unpaired) electrons. The molecule has 0 unspecified atom stereocenters. The van der Waals surface area contributed by atoms with Crippen molar-refractivity contribution in [2.24, 2.45) is 5.10 Å². The van der Waals surface area contributed by atoms with Gasteiger partial charge in [-0.2, -0.15) is 5.10 Å². The monoisotopic (exact) mass is 336 g/mol. The highest BCUT2D eigenvalue weighted by molar-refractivity contribution is 6.37. The number of phenols is 1. The summed E-state index contributed by atoms with van der Waals surface area (Å²) in [4.78, 5) is 12.0. The second kappa shape index (κ2) is 7.29. The molecule has 0 aliphatic carbocycles. The zero-order valence-electron chi connectivity index (χ0n) is 11.8. The Kier molecular flexibility index (Phi) is 5.41. The zero-order valence-corrected chi connectivity index (χ0v) is 13.3. The third-order valence-electron chi connectivity index (χ3n) is 3.02. The third-order valence-corrected chi connectivity index (χ3v) is 3.57. The Hall–Kier alpha value is -2.04. The Morgan fingerprint density at radius 1 is 1.18 bits per heavy atom. The van der Waals surface area contributed by atoms with Crippen molar-refractivity contribution in [3.8, 4) is 5.75 Å². The number of nitrogens with zero attached hydrogens (tertiary/aromatic N) is 1. The summed E-state index contributed by atoms with van der Waals surface area (Å²) >= 11 is 12.0. The molecule has 2 aromatic carbocycles. The van der Waals surface area contributed by atoms with E-state index in [4.69, 9.17) is 23.2 Å². The summed E-state index contributed by atoms with van der Waals surface area (Å²) in [6.45, 7) is 1.90. The van der Waals surface area contributed by atoms with Gasteiger partial charge < -0.3 is 5.11 Å². The number of hydrogen-bond acceptors (Lipinski definition) is 3. The number of benzene rings is 2. The highest BCUT2D eigenvalue weighted by atomic mass is 35.5. The molecule has 2 aromatic rings. The summed E-state index contributed by atoms with van der Waals surface area (Å²) in [5, 5.41) is 14.7. The minimum Gasteiger partial charge on any atom is -0.507 e. The second-order valence-corrected chi connectivity index (χ2v) is 5.34. The quantitative estimate of drug-likeness (QED) is 0.647. The number of nitrogens with one attached hydrogen (secondary N) is 1. The minimum atomic E-state index is -0.492. The minimum absolute atomic E-state index is 0.0993. The van der Waals surface area contributed by atoms with Crippen molar-refractivity contribution >= 4 is 34.8 Å². The molecule has 0 spiro atoms. The van der Waals surface area contributed by atoms with Crippen LogP contribution < -0.4 is 5.43 Å². The average molecular weight is 337 g/mol. The maximum atomic E-state index is 12.0. The molecular weight excluding hydrogens is 323 g/mol. The molecule has 0 heterocycles. The molecule has 0 saturated carbocycles. The Bertz CT molecular complexity index is 730. The van der Waals surface area contributed by atoms with Gasteiger partial charge in [-0.15, -0.1) is 0 Å². The van der Waals surface area contributed by atoms with Crippen molar-refractivity contribution in [1.82, 2.24) is 5.43 Å². The number of halogens is 2. The Morgan fingerprint density at radius 2 is 1.91 bits per heavy atom. The van der Waals surface area contributed by atoms with E-state index < -0.39 is 5.91 Å². The van der Waals surface area contributed by atoms with Crippen LogP contribution in [0.2, 0.25) is 10.0 Å². The Morgan fingerprint density at radius 3 is 2.55 bits per heavy atom. The number of hydrazone groups is 1. The van der Waals surface area contributed by atoms with Crippen molar-refractivity contribution in [3.05, 3.63) is 63.6 Å². The van der Waals surface area contributed by atoms with Gasteiger partial charge in [0.15, 0.2) is 0 Å². The van der Waals surface area contributed by atoms with Crippen LogP contribution in [0.15, 0.2) is 47.6 Å². The van der Waals surface area contributed by atoms with Gasteiger partial charge >= 0.3 is 0 Å². The standard InChI is InChI=1S/C16H14Cl2N2O2/c1-2-14(11-8-7-10(17)9-13(11)18)19-20-16(22)12-5-3-4-6-15(12)21/h3-9,21H,2H2,1H3,(H,20,22)/b19-14-. The van der Waals surface area contributed by atoms with Gasteiger partial charge in [-0.3, -0.25) is 4.79 Å². The van der Waals surface area contributed by atoms with Crippen molar-refractivity contribution in [1.29, 1.82) is 0 Å². The van der Waals surface area contributed by atoms with Gasteiger partial charge in [-0.1, -0.05) is 48.3 Å².